The number of aliphatic hydroxyl groups excluding tert-OH is 1. The zero-order chi connectivity index (χ0) is 14.5. The molecule has 20 heavy (non-hydrogen) atoms. The minimum Gasteiger partial charge on any atom is -0.390 e. The molecule has 0 saturated heterocycles. The summed E-state index contributed by atoms with van der Waals surface area (Å²) >= 11 is 0. The Morgan fingerprint density at radius 2 is 2.05 bits per heavy atom. The molecule has 106 valence electrons. The predicted octanol–water partition coefficient (Wildman–Crippen LogP) is 1.20. The molecular weight excluding hydrogens is 256 g/mol. The van der Waals surface area contributed by atoms with Gasteiger partial charge in [-0.25, -0.2) is 4.68 Å². The van der Waals surface area contributed by atoms with E-state index in [9.17, 15) is 9.90 Å². The number of carbonyl (C=O) groups is 1. The molecule has 0 fully saturated rings. The van der Waals surface area contributed by atoms with E-state index in [1.165, 1.54) is 0 Å². The number of amides is 1. The summed E-state index contributed by atoms with van der Waals surface area (Å²) < 4.78 is 1.70. The second kappa shape index (κ2) is 6.29. The summed E-state index contributed by atoms with van der Waals surface area (Å²) in [6.45, 7) is 1.98. The topological polar surface area (TPSA) is 94.0 Å². The highest BCUT2D eigenvalue weighted by molar-refractivity contribution is 5.92. The van der Waals surface area contributed by atoms with Gasteiger partial charge in [-0.15, -0.1) is 5.10 Å². The van der Waals surface area contributed by atoms with Crippen molar-refractivity contribution in [3.05, 3.63) is 41.2 Å². The Morgan fingerprint density at radius 3 is 2.60 bits per heavy atom. The third-order valence-corrected chi connectivity index (χ3v) is 3.16. The van der Waals surface area contributed by atoms with Crippen LogP contribution in [0.1, 0.15) is 41.5 Å². The van der Waals surface area contributed by atoms with Crippen LogP contribution < -0.4 is 5.73 Å². The molecule has 1 heterocycles. The molecule has 0 aliphatic carbocycles. The van der Waals surface area contributed by atoms with Crippen molar-refractivity contribution in [1.29, 1.82) is 0 Å². The van der Waals surface area contributed by atoms with E-state index in [0.29, 0.717) is 11.3 Å². The van der Waals surface area contributed by atoms with Crippen molar-refractivity contribution in [2.24, 2.45) is 5.73 Å². The molecule has 0 unspecified atom stereocenters. The van der Waals surface area contributed by atoms with Gasteiger partial charge < -0.3 is 10.8 Å². The van der Waals surface area contributed by atoms with Crippen molar-refractivity contribution >= 4 is 5.91 Å². The highest BCUT2D eigenvalue weighted by Crippen LogP contribution is 2.16. The Labute approximate surface area is 117 Å². The maximum Gasteiger partial charge on any atom is 0.248 e. The first-order valence-electron chi connectivity index (χ1n) is 6.62. The SMILES string of the molecule is CCCCc1c(CO)nnn1-c1ccc(C(N)=O)cc1. The van der Waals surface area contributed by atoms with Crippen molar-refractivity contribution in [1.82, 2.24) is 15.0 Å². The zero-order valence-corrected chi connectivity index (χ0v) is 11.4. The fraction of sp³-hybridized carbons (Fsp3) is 0.357. The molecule has 1 aromatic heterocycles. The summed E-state index contributed by atoms with van der Waals surface area (Å²) in [5.74, 6) is -0.461. The maximum absolute atomic E-state index is 11.1. The lowest BCUT2D eigenvalue weighted by Crippen LogP contribution is -2.11. The molecular formula is C14H18N4O2. The van der Waals surface area contributed by atoms with E-state index in [1.54, 1.807) is 28.9 Å². The average Bonchev–Trinajstić information content (AvgIpc) is 2.88. The van der Waals surface area contributed by atoms with E-state index >= 15 is 0 Å². The summed E-state index contributed by atoms with van der Waals surface area (Å²) in [7, 11) is 0. The minimum absolute atomic E-state index is 0.127. The Hall–Kier alpha value is -2.21. The van der Waals surface area contributed by atoms with E-state index in [0.717, 1.165) is 30.6 Å². The number of unbranched alkanes of at least 4 members (excludes halogenated alkanes) is 1. The molecule has 2 rings (SSSR count). The van der Waals surface area contributed by atoms with Crippen LogP contribution in [-0.2, 0) is 13.0 Å². The maximum atomic E-state index is 11.1. The van der Waals surface area contributed by atoms with Gasteiger partial charge in [0, 0.05) is 5.56 Å². The molecule has 1 amide bonds. The van der Waals surface area contributed by atoms with Gasteiger partial charge in [-0.3, -0.25) is 4.79 Å². The van der Waals surface area contributed by atoms with E-state index in [4.69, 9.17) is 5.73 Å². The van der Waals surface area contributed by atoms with Gasteiger partial charge in [0.15, 0.2) is 0 Å². The number of aliphatic hydroxyl groups is 1. The van der Waals surface area contributed by atoms with Crippen molar-refractivity contribution in [3.8, 4) is 5.69 Å². The normalized spacial score (nSPS) is 10.7. The molecule has 6 nitrogen and oxygen atoms in total. The van der Waals surface area contributed by atoms with Crippen molar-refractivity contribution in [3.63, 3.8) is 0 Å². The van der Waals surface area contributed by atoms with Gasteiger partial charge in [-0.2, -0.15) is 0 Å². The first-order chi connectivity index (χ1) is 9.67. The molecule has 2 aromatic rings. The Kier molecular flexibility index (Phi) is 4.47. The molecule has 6 heteroatoms. The third kappa shape index (κ3) is 2.85. The van der Waals surface area contributed by atoms with Crippen LogP contribution in [0.25, 0.3) is 5.69 Å². The third-order valence-electron chi connectivity index (χ3n) is 3.16. The number of carbonyl (C=O) groups excluding carboxylic acids is 1. The monoisotopic (exact) mass is 274 g/mol. The molecule has 0 radical (unpaired) electrons. The van der Waals surface area contributed by atoms with E-state index in [-0.39, 0.29) is 6.61 Å². The standard InChI is InChI=1S/C14H18N4O2/c1-2-3-4-13-12(9-19)16-17-18(13)11-7-5-10(6-8-11)14(15)20/h5-8,19H,2-4,9H2,1H3,(H2,15,20). The van der Waals surface area contributed by atoms with Crippen molar-refractivity contribution < 1.29 is 9.90 Å². The van der Waals surface area contributed by atoms with Gasteiger partial charge in [-0.1, -0.05) is 18.6 Å². The molecule has 0 spiro atoms. The van der Waals surface area contributed by atoms with Crippen LogP contribution in [0.5, 0.6) is 0 Å². The van der Waals surface area contributed by atoms with Gasteiger partial charge >= 0.3 is 0 Å². The minimum atomic E-state index is -0.461. The zero-order valence-electron chi connectivity index (χ0n) is 11.4. The molecule has 0 bridgehead atoms. The summed E-state index contributed by atoms with van der Waals surface area (Å²) in [5, 5.41) is 17.4. The highest BCUT2D eigenvalue weighted by Gasteiger charge is 2.13. The fourth-order valence-electron chi connectivity index (χ4n) is 2.02. The number of hydrogen-bond donors (Lipinski definition) is 2. The summed E-state index contributed by atoms with van der Waals surface area (Å²) in [6.07, 6.45) is 2.85. The van der Waals surface area contributed by atoms with Gasteiger partial charge in [0.2, 0.25) is 5.91 Å². The van der Waals surface area contributed by atoms with E-state index in [1.807, 2.05) is 0 Å². The quantitative estimate of drug-likeness (QED) is 0.827. The van der Waals surface area contributed by atoms with E-state index < -0.39 is 5.91 Å². The van der Waals surface area contributed by atoms with Crippen LogP contribution in [-0.4, -0.2) is 26.0 Å². The van der Waals surface area contributed by atoms with Crippen LogP contribution in [0.4, 0.5) is 0 Å². The smallest absolute Gasteiger partial charge is 0.248 e. The molecule has 0 atom stereocenters. The summed E-state index contributed by atoms with van der Waals surface area (Å²) in [5.41, 5.74) is 7.97. The average molecular weight is 274 g/mol. The predicted molar refractivity (Wildman–Crippen MR) is 74.4 cm³/mol. The lowest BCUT2D eigenvalue weighted by Gasteiger charge is -2.07. The highest BCUT2D eigenvalue weighted by atomic mass is 16.3. The molecule has 3 N–H and O–H groups in total. The van der Waals surface area contributed by atoms with Crippen LogP contribution in [0.3, 0.4) is 0 Å². The Morgan fingerprint density at radius 1 is 1.35 bits per heavy atom. The number of nitrogens with two attached hydrogens (primary N) is 1. The van der Waals surface area contributed by atoms with Crippen molar-refractivity contribution in [2.45, 2.75) is 32.8 Å². The molecule has 0 aliphatic rings. The number of hydrogen-bond acceptors (Lipinski definition) is 4. The largest absolute Gasteiger partial charge is 0.390 e. The number of nitrogens with zero attached hydrogens (tertiary/aromatic N) is 3. The molecule has 0 saturated carbocycles. The van der Waals surface area contributed by atoms with Gasteiger partial charge in [0.05, 0.1) is 18.0 Å². The summed E-state index contributed by atoms with van der Waals surface area (Å²) in [4.78, 5) is 11.1. The Bertz CT molecular complexity index is 590. The van der Waals surface area contributed by atoms with Crippen LogP contribution in [0, 0.1) is 0 Å². The van der Waals surface area contributed by atoms with Crippen molar-refractivity contribution in [2.75, 3.05) is 0 Å². The first kappa shape index (κ1) is 14.2. The number of primary amides is 1. The molecule has 0 aliphatic heterocycles. The molecule has 1 aromatic carbocycles. The fourth-order valence-corrected chi connectivity index (χ4v) is 2.02. The van der Waals surface area contributed by atoms with Gasteiger partial charge in [-0.05, 0) is 37.1 Å². The Balaban J connectivity index is 2.36. The first-order valence-corrected chi connectivity index (χ1v) is 6.62. The second-order valence-corrected chi connectivity index (χ2v) is 4.57. The van der Waals surface area contributed by atoms with E-state index in [2.05, 4.69) is 17.2 Å². The lowest BCUT2D eigenvalue weighted by molar-refractivity contribution is 0.100. The van der Waals surface area contributed by atoms with Crippen LogP contribution >= 0.6 is 0 Å². The lowest BCUT2D eigenvalue weighted by atomic mass is 10.1. The summed E-state index contributed by atoms with van der Waals surface area (Å²) in [6, 6.07) is 6.85. The second-order valence-electron chi connectivity index (χ2n) is 4.57. The van der Waals surface area contributed by atoms with Crippen LogP contribution in [0.15, 0.2) is 24.3 Å². The van der Waals surface area contributed by atoms with Gasteiger partial charge in [0.25, 0.3) is 0 Å². The van der Waals surface area contributed by atoms with Gasteiger partial charge in [0.1, 0.15) is 5.69 Å². The number of benzene rings is 1. The number of rotatable bonds is 6. The van der Waals surface area contributed by atoms with Crippen LogP contribution in [0.2, 0.25) is 0 Å². The number of aromatic nitrogens is 3.